The maximum Gasteiger partial charge on any atom is 0.341 e. The minimum atomic E-state index is -2.06. The first-order valence-corrected chi connectivity index (χ1v) is 11.5. The number of benzene rings is 1. The van der Waals surface area contributed by atoms with E-state index in [1.165, 1.54) is 21.1 Å². The number of nitrogens with zero attached hydrogens (tertiary/aromatic N) is 1. The summed E-state index contributed by atoms with van der Waals surface area (Å²) in [5.41, 5.74) is 4.10. The molecule has 2 heterocycles. The summed E-state index contributed by atoms with van der Waals surface area (Å²) in [5, 5.41) is 0. The zero-order valence-corrected chi connectivity index (χ0v) is 20.8. The second-order valence-corrected chi connectivity index (χ2v) is 8.13. The van der Waals surface area contributed by atoms with Gasteiger partial charge in [-0.3, -0.25) is 14.5 Å². The monoisotopic (exact) mass is 502 g/mol. The van der Waals surface area contributed by atoms with Crippen LogP contribution in [0.25, 0.3) is 0 Å². The van der Waals surface area contributed by atoms with Crippen molar-refractivity contribution < 1.29 is 42.9 Å². The van der Waals surface area contributed by atoms with Gasteiger partial charge in [0.25, 0.3) is 0 Å². The van der Waals surface area contributed by atoms with E-state index in [0.717, 1.165) is 11.3 Å². The maximum absolute atomic E-state index is 14.3. The number of esters is 3. The number of fused-ring (bicyclic) bond motifs is 2. The lowest BCUT2D eigenvalue weighted by Crippen LogP contribution is -2.51. The van der Waals surface area contributed by atoms with Crippen molar-refractivity contribution >= 4 is 29.5 Å². The number of nitrogens with two attached hydrogens (primary N) is 1. The topological polar surface area (TPSA) is 144 Å². The van der Waals surface area contributed by atoms with Gasteiger partial charge in [0.2, 0.25) is 11.8 Å². The van der Waals surface area contributed by atoms with Crippen LogP contribution in [-0.4, -0.2) is 64.4 Å². The number of hydrogen-bond acceptors (Lipinski definition) is 10. The standard InChI is InChI=1S/C25H30N2O9/c1-5-6-11-34-23(30)20-21(26)36-15(2)19(22(29)35-13-12-32-3)25(20)16-9-7-8-10-17(16)27(24(25)31)14-18(28)33-4/h7-10H,5-6,11-14,26H2,1-4H3/t25-/m1/s1. The molecule has 2 aliphatic heterocycles. The molecule has 0 radical (unpaired) electrons. The molecule has 36 heavy (non-hydrogen) atoms. The molecule has 0 saturated heterocycles. The number of anilines is 1. The molecule has 0 aliphatic carbocycles. The van der Waals surface area contributed by atoms with Crippen LogP contribution in [0.3, 0.4) is 0 Å². The van der Waals surface area contributed by atoms with Crippen LogP contribution in [0.15, 0.2) is 47.1 Å². The van der Waals surface area contributed by atoms with Crippen LogP contribution in [-0.2, 0) is 48.3 Å². The van der Waals surface area contributed by atoms with Crippen molar-refractivity contribution in [2.75, 3.05) is 45.5 Å². The fourth-order valence-electron chi connectivity index (χ4n) is 4.35. The minimum Gasteiger partial charge on any atom is -0.468 e. The molecule has 0 bridgehead atoms. The van der Waals surface area contributed by atoms with E-state index in [4.69, 9.17) is 29.4 Å². The third-order valence-corrected chi connectivity index (χ3v) is 5.95. The lowest BCUT2D eigenvalue weighted by Gasteiger charge is -2.36. The summed E-state index contributed by atoms with van der Waals surface area (Å²) < 4.78 is 26.1. The van der Waals surface area contributed by atoms with Gasteiger partial charge in [-0.2, -0.15) is 0 Å². The predicted molar refractivity (Wildman–Crippen MR) is 126 cm³/mol. The molecule has 1 atom stereocenters. The van der Waals surface area contributed by atoms with E-state index >= 15 is 0 Å². The molecular weight excluding hydrogens is 472 g/mol. The Labute approximate surface area is 208 Å². The van der Waals surface area contributed by atoms with Gasteiger partial charge >= 0.3 is 17.9 Å². The Bertz CT molecular complexity index is 1080. The molecule has 1 amide bonds. The van der Waals surface area contributed by atoms with E-state index in [2.05, 4.69) is 0 Å². The highest BCUT2D eigenvalue weighted by Crippen LogP contribution is 2.54. The zero-order valence-electron chi connectivity index (χ0n) is 20.8. The number of ether oxygens (including phenoxy) is 5. The number of allylic oxidation sites excluding steroid dienone is 1. The molecule has 11 heteroatoms. The predicted octanol–water partition coefficient (Wildman–Crippen LogP) is 1.45. The van der Waals surface area contributed by atoms with Crippen molar-refractivity contribution in [3.63, 3.8) is 0 Å². The summed E-state index contributed by atoms with van der Waals surface area (Å²) in [6.07, 6.45) is 1.33. The van der Waals surface area contributed by atoms with Gasteiger partial charge in [-0.05, 0) is 19.4 Å². The molecule has 2 aliphatic rings. The highest BCUT2D eigenvalue weighted by Gasteiger charge is 2.64. The first-order valence-electron chi connectivity index (χ1n) is 11.5. The first kappa shape index (κ1) is 26.7. The SMILES string of the molecule is CCCCOC(=O)C1=C(N)OC(C)=C(C(=O)OCCOC)[C@@]12C(=O)N(CC(=O)OC)c1ccccc12. The summed E-state index contributed by atoms with van der Waals surface area (Å²) in [6.45, 7) is 2.97. The van der Waals surface area contributed by atoms with E-state index in [9.17, 15) is 19.2 Å². The van der Waals surface area contributed by atoms with Crippen molar-refractivity contribution in [3.05, 3.63) is 52.6 Å². The van der Waals surface area contributed by atoms with Gasteiger partial charge in [0.05, 0.1) is 20.3 Å². The van der Waals surface area contributed by atoms with Gasteiger partial charge < -0.3 is 29.4 Å². The molecule has 1 spiro atoms. The Morgan fingerprint density at radius 3 is 2.36 bits per heavy atom. The molecule has 194 valence electrons. The van der Waals surface area contributed by atoms with Crippen molar-refractivity contribution in [3.8, 4) is 0 Å². The highest BCUT2D eigenvalue weighted by molar-refractivity contribution is 6.23. The van der Waals surface area contributed by atoms with Crippen molar-refractivity contribution in [1.82, 2.24) is 0 Å². The smallest absolute Gasteiger partial charge is 0.341 e. The quantitative estimate of drug-likeness (QED) is 0.284. The molecule has 0 aromatic heterocycles. The summed E-state index contributed by atoms with van der Waals surface area (Å²) in [5.74, 6) is -3.69. The summed E-state index contributed by atoms with van der Waals surface area (Å²) in [4.78, 5) is 54.5. The average molecular weight is 503 g/mol. The molecule has 1 aromatic carbocycles. The van der Waals surface area contributed by atoms with Crippen molar-refractivity contribution in [2.24, 2.45) is 5.73 Å². The maximum atomic E-state index is 14.3. The summed E-state index contributed by atoms with van der Waals surface area (Å²) >= 11 is 0. The van der Waals surface area contributed by atoms with Gasteiger partial charge in [-0.1, -0.05) is 31.5 Å². The average Bonchev–Trinajstić information content (AvgIpc) is 3.07. The fourth-order valence-corrected chi connectivity index (χ4v) is 4.35. The number of methoxy groups -OCH3 is 2. The van der Waals surface area contributed by atoms with Gasteiger partial charge in [-0.25, -0.2) is 9.59 Å². The molecule has 3 rings (SSSR count). The molecular formula is C25H30N2O9. The number of amides is 1. The Hall–Kier alpha value is -3.86. The van der Waals surface area contributed by atoms with Crippen LogP contribution in [0, 0.1) is 0 Å². The number of carbonyl (C=O) groups is 4. The van der Waals surface area contributed by atoms with Crippen molar-refractivity contribution in [2.45, 2.75) is 32.1 Å². The van der Waals surface area contributed by atoms with Gasteiger partial charge in [0.15, 0.2) is 0 Å². The molecule has 2 N–H and O–H groups in total. The van der Waals surface area contributed by atoms with Crippen LogP contribution in [0.1, 0.15) is 32.3 Å². The van der Waals surface area contributed by atoms with E-state index in [1.807, 2.05) is 6.92 Å². The number of unbranched alkanes of at least 4 members (excludes halogenated alkanes) is 1. The highest BCUT2D eigenvalue weighted by atomic mass is 16.6. The third kappa shape index (κ3) is 4.53. The van der Waals surface area contributed by atoms with Crippen LogP contribution < -0.4 is 10.6 Å². The van der Waals surface area contributed by atoms with Crippen LogP contribution in [0.5, 0.6) is 0 Å². The van der Waals surface area contributed by atoms with E-state index in [0.29, 0.717) is 12.1 Å². The number of hydrogen-bond donors (Lipinski definition) is 1. The normalized spacial score (nSPS) is 18.8. The molecule has 0 saturated carbocycles. The largest absolute Gasteiger partial charge is 0.468 e. The Balaban J connectivity index is 2.27. The second kappa shape index (κ2) is 11.3. The lowest BCUT2D eigenvalue weighted by atomic mass is 9.67. The Kier molecular flexibility index (Phi) is 8.36. The van der Waals surface area contributed by atoms with Crippen LogP contribution in [0.2, 0.25) is 0 Å². The first-order chi connectivity index (χ1) is 17.2. The molecule has 1 aromatic rings. The number of para-hydroxylation sites is 1. The second-order valence-electron chi connectivity index (χ2n) is 8.13. The zero-order chi connectivity index (χ0) is 26.5. The summed E-state index contributed by atoms with van der Waals surface area (Å²) in [7, 11) is 2.63. The van der Waals surface area contributed by atoms with E-state index in [1.54, 1.807) is 24.3 Å². The molecule has 0 fully saturated rings. The number of rotatable bonds is 10. The van der Waals surface area contributed by atoms with Gasteiger partial charge in [-0.15, -0.1) is 0 Å². The Morgan fingerprint density at radius 2 is 1.69 bits per heavy atom. The van der Waals surface area contributed by atoms with Crippen LogP contribution in [0.4, 0.5) is 5.69 Å². The van der Waals surface area contributed by atoms with Gasteiger partial charge in [0.1, 0.15) is 35.5 Å². The minimum absolute atomic E-state index is 0.0249. The third-order valence-electron chi connectivity index (χ3n) is 5.95. The van der Waals surface area contributed by atoms with Crippen LogP contribution >= 0.6 is 0 Å². The summed E-state index contributed by atoms with van der Waals surface area (Å²) in [6, 6.07) is 6.48. The number of carbonyl (C=O) groups excluding carboxylic acids is 4. The molecule has 11 nitrogen and oxygen atoms in total. The van der Waals surface area contributed by atoms with Crippen molar-refractivity contribution in [1.29, 1.82) is 0 Å². The van der Waals surface area contributed by atoms with E-state index < -0.39 is 35.8 Å². The fraction of sp³-hybridized carbons (Fsp3) is 0.440. The Morgan fingerprint density at radius 1 is 1.03 bits per heavy atom. The van der Waals surface area contributed by atoms with E-state index in [-0.39, 0.29) is 48.2 Å². The van der Waals surface area contributed by atoms with Gasteiger partial charge in [0, 0.05) is 18.4 Å². The molecule has 0 unspecified atom stereocenters. The lowest BCUT2D eigenvalue weighted by molar-refractivity contribution is -0.144.